The van der Waals surface area contributed by atoms with Gasteiger partial charge >= 0.3 is 6.09 Å². The van der Waals surface area contributed by atoms with E-state index in [4.69, 9.17) is 34.8 Å². The van der Waals surface area contributed by atoms with Crippen LogP contribution in [0, 0.1) is 0 Å². The number of nitrogens with one attached hydrogen (secondary N) is 1. The first-order chi connectivity index (χ1) is 8.42. The van der Waals surface area contributed by atoms with Crippen molar-refractivity contribution < 1.29 is 14.3 Å². The molecule has 1 rings (SSSR count). The molecule has 1 N–H and O–H groups in total. The predicted molar refractivity (Wildman–Crippen MR) is 70.0 cm³/mol. The third kappa shape index (κ3) is 5.58. The van der Waals surface area contributed by atoms with Crippen LogP contribution >= 0.6 is 34.8 Å². The van der Waals surface area contributed by atoms with Gasteiger partial charge in [-0.05, 0) is 5.56 Å². The minimum Gasteiger partial charge on any atom is -0.445 e. The number of rotatable bonds is 4. The SMILES string of the molecule is O=C[C@@H](NC(=O)OCC(Cl)(Cl)Cl)c1ccccc1. The maximum absolute atomic E-state index is 11.4. The molecule has 0 aliphatic rings. The Hall–Kier alpha value is -0.970. The fourth-order valence-corrected chi connectivity index (χ4v) is 1.34. The molecule has 0 unspecified atom stereocenters. The van der Waals surface area contributed by atoms with Crippen LogP contribution in [-0.4, -0.2) is 22.8 Å². The smallest absolute Gasteiger partial charge is 0.408 e. The Kier molecular flexibility index (Phi) is 5.72. The van der Waals surface area contributed by atoms with Crippen LogP contribution in [0.25, 0.3) is 0 Å². The number of carbonyl (C=O) groups excluding carboxylic acids is 2. The van der Waals surface area contributed by atoms with E-state index < -0.39 is 22.5 Å². The summed E-state index contributed by atoms with van der Waals surface area (Å²) in [5, 5.41) is 2.35. The molecule has 0 bridgehead atoms. The van der Waals surface area contributed by atoms with Crippen LogP contribution < -0.4 is 5.32 Å². The Labute approximate surface area is 119 Å². The molecule has 0 heterocycles. The molecular formula is C11H10Cl3NO3. The third-order valence-corrected chi connectivity index (χ3v) is 2.26. The minimum atomic E-state index is -1.68. The van der Waals surface area contributed by atoms with Crippen LogP contribution in [0.5, 0.6) is 0 Å². The van der Waals surface area contributed by atoms with E-state index in [0.717, 1.165) is 0 Å². The average Bonchev–Trinajstić information content (AvgIpc) is 2.33. The Morgan fingerprint density at radius 2 is 1.94 bits per heavy atom. The second-order valence-electron chi connectivity index (χ2n) is 3.36. The molecule has 1 atom stereocenters. The number of aldehydes is 1. The first-order valence-electron chi connectivity index (χ1n) is 4.92. The zero-order valence-electron chi connectivity index (χ0n) is 9.11. The number of amides is 1. The van der Waals surface area contributed by atoms with Crippen LogP contribution in [0.2, 0.25) is 0 Å². The highest BCUT2D eigenvalue weighted by atomic mass is 35.6. The van der Waals surface area contributed by atoms with E-state index >= 15 is 0 Å². The highest BCUT2D eigenvalue weighted by Crippen LogP contribution is 2.25. The van der Waals surface area contributed by atoms with Gasteiger partial charge in [-0.25, -0.2) is 4.79 Å². The van der Waals surface area contributed by atoms with Crippen molar-refractivity contribution in [3.8, 4) is 0 Å². The number of ether oxygens (including phenoxy) is 1. The Bertz CT molecular complexity index is 406. The maximum Gasteiger partial charge on any atom is 0.408 e. The standard InChI is InChI=1S/C11H10Cl3NO3/c12-11(13,14)7-18-10(17)15-9(6-16)8-4-2-1-3-5-8/h1-6,9H,7H2,(H,15,17)/t9-/m1/s1. The van der Waals surface area contributed by atoms with Gasteiger partial charge in [-0.3, -0.25) is 0 Å². The van der Waals surface area contributed by atoms with Crippen LogP contribution in [0.1, 0.15) is 11.6 Å². The summed E-state index contributed by atoms with van der Waals surface area (Å²) < 4.78 is 2.98. The van der Waals surface area contributed by atoms with E-state index in [1.54, 1.807) is 30.3 Å². The fraction of sp³-hybridized carbons (Fsp3) is 0.273. The van der Waals surface area contributed by atoms with Crippen LogP contribution in [0.15, 0.2) is 30.3 Å². The number of alkyl carbamates (subject to hydrolysis) is 1. The average molecular weight is 311 g/mol. The summed E-state index contributed by atoms with van der Waals surface area (Å²) in [6, 6.07) is 7.91. The molecule has 0 spiro atoms. The first kappa shape index (κ1) is 15.1. The van der Waals surface area contributed by atoms with Gasteiger partial charge in [0.15, 0.2) is 0 Å². The molecule has 1 aromatic rings. The zero-order chi connectivity index (χ0) is 13.6. The molecule has 18 heavy (non-hydrogen) atoms. The molecule has 1 aromatic carbocycles. The highest BCUT2D eigenvalue weighted by Gasteiger charge is 2.23. The van der Waals surface area contributed by atoms with E-state index in [-0.39, 0.29) is 0 Å². The van der Waals surface area contributed by atoms with Crippen molar-refractivity contribution in [1.82, 2.24) is 5.32 Å². The third-order valence-electron chi connectivity index (χ3n) is 1.94. The van der Waals surface area contributed by atoms with Crippen molar-refractivity contribution in [1.29, 1.82) is 0 Å². The fourth-order valence-electron chi connectivity index (χ4n) is 1.17. The van der Waals surface area contributed by atoms with Gasteiger partial charge in [0.1, 0.15) is 18.9 Å². The summed E-state index contributed by atoms with van der Waals surface area (Å²) in [6.07, 6.45) is -0.242. The maximum atomic E-state index is 11.4. The van der Waals surface area contributed by atoms with E-state index in [0.29, 0.717) is 11.8 Å². The zero-order valence-corrected chi connectivity index (χ0v) is 11.4. The number of hydrogen-bond acceptors (Lipinski definition) is 3. The summed E-state index contributed by atoms with van der Waals surface area (Å²) in [7, 11) is 0. The number of carbonyl (C=O) groups is 2. The van der Waals surface area contributed by atoms with Gasteiger partial charge in [0.2, 0.25) is 3.79 Å². The molecule has 0 radical (unpaired) electrons. The quantitative estimate of drug-likeness (QED) is 0.687. The number of alkyl halides is 3. The van der Waals surface area contributed by atoms with E-state index in [1.165, 1.54) is 0 Å². The predicted octanol–water partition coefficient (Wildman–Crippen LogP) is 3.02. The molecule has 98 valence electrons. The summed E-state index contributed by atoms with van der Waals surface area (Å²) in [6.45, 7) is -0.399. The Balaban J connectivity index is 2.54. The monoisotopic (exact) mass is 309 g/mol. The van der Waals surface area contributed by atoms with Gasteiger partial charge < -0.3 is 14.8 Å². The van der Waals surface area contributed by atoms with E-state index in [1.807, 2.05) is 0 Å². The highest BCUT2D eigenvalue weighted by molar-refractivity contribution is 6.67. The summed E-state index contributed by atoms with van der Waals surface area (Å²) in [5.41, 5.74) is 0.637. The molecular weight excluding hydrogens is 300 g/mol. The van der Waals surface area contributed by atoms with Crippen LogP contribution in [-0.2, 0) is 9.53 Å². The van der Waals surface area contributed by atoms with Gasteiger partial charge in [-0.1, -0.05) is 65.1 Å². The van der Waals surface area contributed by atoms with Gasteiger partial charge in [0.25, 0.3) is 0 Å². The number of hydrogen-bond donors (Lipinski definition) is 1. The molecule has 1 amide bonds. The van der Waals surface area contributed by atoms with Crippen molar-refractivity contribution in [3.63, 3.8) is 0 Å². The second-order valence-corrected chi connectivity index (χ2v) is 5.88. The molecule has 4 nitrogen and oxygen atoms in total. The van der Waals surface area contributed by atoms with Gasteiger partial charge in [0.05, 0.1) is 0 Å². The minimum absolute atomic E-state index is 0.399. The normalized spacial score (nSPS) is 12.6. The van der Waals surface area contributed by atoms with Gasteiger partial charge in [-0.15, -0.1) is 0 Å². The van der Waals surface area contributed by atoms with Gasteiger partial charge in [-0.2, -0.15) is 0 Å². The van der Waals surface area contributed by atoms with Crippen molar-refractivity contribution in [2.24, 2.45) is 0 Å². The van der Waals surface area contributed by atoms with Gasteiger partial charge in [0, 0.05) is 0 Å². The second kappa shape index (κ2) is 6.83. The Morgan fingerprint density at radius 1 is 1.33 bits per heavy atom. The lowest BCUT2D eigenvalue weighted by Crippen LogP contribution is -2.32. The van der Waals surface area contributed by atoms with Crippen molar-refractivity contribution in [3.05, 3.63) is 35.9 Å². The largest absolute Gasteiger partial charge is 0.445 e. The van der Waals surface area contributed by atoms with Crippen LogP contribution in [0.3, 0.4) is 0 Å². The number of halogens is 3. The molecule has 0 aromatic heterocycles. The number of benzene rings is 1. The topological polar surface area (TPSA) is 55.4 Å². The lowest BCUT2D eigenvalue weighted by Gasteiger charge is -2.15. The summed E-state index contributed by atoms with van der Waals surface area (Å²) in [4.78, 5) is 22.3. The molecule has 0 aliphatic heterocycles. The summed E-state index contributed by atoms with van der Waals surface area (Å²) >= 11 is 16.3. The summed E-state index contributed by atoms with van der Waals surface area (Å²) in [5.74, 6) is 0. The van der Waals surface area contributed by atoms with E-state index in [2.05, 4.69) is 10.1 Å². The van der Waals surface area contributed by atoms with Crippen molar-refractivity contribution >= 4 is 47.2 Å². The lowest BCUT2D eigenvalue weighted by molar-refractivity contribution is -0.109. The Morgan fingerprint density at radius 3 is 2.44 bits per heavy atom. The first-order valence-corrected chi connectivity index (χ1v) is 6.06. The molecule has 7 heteroatoms. The molecule has 0 saturated heterocycles. The molecule has 0 fully saturated rings. The van der Waals surface area contributed by atoms with Crippen LogP contribution in [0.4, 0.5) is 4.79 Å². The van der Waals surface area contributed by atoms with E-state index in [9.17, 15) is 9.59 Å². The molecule has 0 aliphatic carbocycles. The van der Waals surface area contributed by atoms with Crippen molar-refractivity contribution in [2.45, 2.75) is 9.83 Å². The molecule has 0 saturated carbocycles. The van der Waals surface area contributed by atoms with Crippen molar-refractivity contribution in [2.75, 3.05) is 6.61 Å². The lowest BCUT2D eigenvalue weighted by atomic mass is 10.1.